The van der Waals surface area contributed by atoms with Crippen LogP contribution in [0.15, 0.2) is 59.1 Å². The predicted molar refractivity (Wildman–Crippen MR) is 117 cm³/mol. The molecule has 2 N–H and O–H groups in total. The SMILES string of the molecule is Clc1cc(Nc2nnc(-c3ccc4nc(-c5c(Cl)cccc5Cl)[nH]c4c3)o2)ccn1. The molecule has 148 valence electrons. The molecule has 0 amide bonds. The van der Waals surface area contributed by atoms with Crippen molar-refractivity contribution in [1.29, 1.82) is 0 Å². The van der Waals surface area contributed by atoms with Crippen molar-refractivity contribution >= 4 is 57.5 Å². The Labute approximate surface area is 185 Å². The van der Waals surface area contributed by atoms with E-state index in [-0.39, 0.29) is 6.01 Å². The van der Waals surface area contributed by atoms with Gasteiger partial charge in [0.15, 0.2) is 0 Å². The van der Waals surface area contributed by atoms with E-state index in [1.807, 2.05) is 18.2 Å². The smallest absolute Gasteiger partial charge is 0.320 e. The summed E-state index contributed by atoms with van der Waals surface area (Å²) in [4.78, 5) is 11.8. The van der Waals surface area contributed by atoms with Crippen LogP contribution in [-0.4, -0.2) is 25.1 Å². The van der Waals surface area contributed by atoms with Gasteiger partial charge in [-0.15, -0.1) is 5.10 Å². The Hall–Kier alpha value is -3.13. The molecule has 0 unspecified atom stereocenters. The molecule has 7 nitrogen and oxygen atoms in total. The van der Waals surface area contributed by atoms with Gasteiger partial charge >= 0.3 is 6.01 Å². The Morgan fingerprint density at radius 1 is 0.933 bits per heavy atom. The van der Waals surface area contributed by atoms with Crippen molar-refractivity contribution in [2.75, 3.05) is 5.32 Å². The molecule has 10 heteroatoms. The molecule has 0 aliphatic heterocycles. The van der Waals surface area contributed by atoms with Gasteiger partial charge in [-0.05, 0) is 42.5 Å². The summed E-state index contributed by atoms with van der Waals surface area (Å²) in [6.07, 6.45) is 1.58. The number of aromatic nitrogens is 5. The maximum absolute atomic E-state index is 6.30. The summed E-state index contributed by atoms with van der Waals surface area (Å²) in [5.41, 5.74) is 3.62. The van der Waals surface area contributed by atoms with Gasteiger partial charge in [-0.2, -0.15) is 0 Å². The third kappa shape index (κ3) is 3.59. The maximum Gasteiger partial charge on any atom is 0.320 e. The van der Waals surface area contributed by atoms with Crippen LogP contribution in [0.25, 0.3) is 33.9 Å². The Balaban J connectivity index is 1.47. The highest BCUT2D eigenvalue weighted by atomic mass is 35.5. The molecule has 0 bridgehead atoms. The van der Waals surface area contributed by atoms with Crippen LogP contribution in [0.2, 0.25) is 15.2 Å². The number of halogens is 3. The summed E-state index contributed by atoms with van der Waals surface area (Å²) in [5.74, 6) is 0.937. The molecule has 0 aliphatic rings. The second kappa shape index (κ2) is 7.60. The normalized spacial score (nSPS) is 11.2. The number of rotatable bonds is 4. The number of pyridine rings is 1. The second-order valence-electron chi connectivity index (χ2n) is 6.32. The van der Waals surface area contributed by atoms with E-state index in [4.69, 9.17) is 39.2 Å². The Kier molecular flexibility index (Phi) is 4.78. The van der Waals surface area contributed by atoms with Gasteiger partial charge in [0.2, 0.25) is 5.89 Å². The minimum absolute atomic E-state index is 0.237. The number of aromatic amines is 1. The first-order valence-electron chi connectivity index (χ1n) is 8.73. The van der Waals surface area contributed by atoms with Crippen molar-refractivity contribution < 1.29 is 4.42 Å². The molecule has 5 rings (SSSR count). The van der Waals surface area contributed by atoms with Crippen LogP contribution < -0.4 is 5.32 Å². The highest BCUT2D eigenvalue weighted by Crippen LogP contribution is 2.34. The lowest BCUT2D eigenvalue weighted by Gasteiger charge is -2.02. The number of hydrogen-bond acceptors (Lipinski definition) is 6. The van der Waals surface area contributed by atoms with E-state index in [1.165, 1.54) is 0 Å². The largest absolute Gasteiger partial charge is 0.403 e. The summed E-state index contributed by atoms with van der Waals surface area (Å²) in [7, 11) is 0. The Bertz CT molecular complexity index is 1360. The molecule has 0 radical (unpaired) electrons. The minimum atomic E-state index is 0.237. The van der Waals surface area contributed by atoms with Crippen molar-refractivity contribution in [3.63, 3.8) is 0 Å². The molecule has 0 aliphatic carbocycles. The first-order chi connectivity index (χ1) is 14.6. The fourth-order valence-corrected chi connectivity index (χ4v) is 3.73. The van der Waals surface area contributed by atoms with Crippen LogP contribution in [0, 0.1) is 0 Å². The summed E-state index contributed by atoms with van der Waals surface area (Å²) in [6, 6.07) is 14.5. The zero-order chi connectivity index (χ0) is 20.7. The maximum atomic E-state index is 6.30. The number of anilines is 2. The number of imidazole rings is 1. The zero-order valence-corrected chi connectivity index (χ0v) is 17.3. The molecular weight excluding hydrogens is 447 g/mol. The highest BCUT2D eigenvalue weighted by Gasteiger charge is 2.15. The van der Waals surface area contributed by atoms with Crippen molar-refractivity contribution in [1.82, 2.24) is 25.1 Å². The fraction of sp³-hybridized carbons (Fsp3) is 0. The third-order valence-corrected chi connectivity index (χ3v) is 5.17. The first kappa shape index (κ1) is 18.9. The van der Waals surface area contributed by atoms with Gasteiger partial charge in [-0.1, -0.05) is 46.0 Å². The summed E-state index contributed by atoms with van der Waals surface area (Å²) >= 11 is 18.5. The van der Waals surface area contributed by atoms with Gasteiger partial charge in [-0.25, -0.2) is 9.97 Å². The summed E-state index contributed by atoms with van der Waals surface area (Å²) in [5, 5.41) is 12.5. The van der Waals surface area contributed by atoms with E-state index in [2.05, 4.69) is 30.5 Å². The monoisotopic (exact) mass is 456 g/mol. The molecule has 3 aromatic heterocycles. The van der Waals surface area contributed by atoms with Crippen LogP contribution in [0.1, 0.15) is 0 Å². The van der Waals surface area contributed by atoms with Crippen LogP contribution in [-0.2, 0) is 0 Å². The van der Waals surface area contributed by atoms with Crippen LogP contribution in [0.3, 0.4) is 0 Å². The second-order valence-corrected chi connectivity index (χ2v) is 7.52. The fourth-order valence-electron chi connectivity index (χ4n) is 2.98. The third-order valence-electron chi connectivity index (χ3n) is 4.33. The van der Waals surface area contributed by atoms with E-state index in [0.717, 1.165) is 16.6 Å². The zero-order valence-electron chi connectivity index (χ0n) is 15.0. The lowest BCUT2D eigenvalue weighted by atomic mass is 10.2. The number of nitrogens with one attached hydrogen (secondary N) is 2. The van der Waals surface area contributed by atoms with Crippen molar-refractivity contribution in [3.8, 4) is 22.8 Å². The predicted octanol–water partition coefficient (Wildman–Crippen LogP) is 6.38. The first-order valence-corrected chi connectivity index (χ1v) is 9.87. The van der Waals surface area contributed by atoms with E-state index in [1.54, 1.807) is 36.5 Å². The van der Waals surface area contributed by atoms with Crippen molar-refractivity contribution in [3.05, 3.63) is 69.9 Å². The van der Waals surface area contributed by atoms with Gasteiger partial charge in [0.25, 0.3) is 0 Å². The molecule has 0 saturated carbocycles. The number of benzene rings is 2. The van der Waals surface area contributed by atoms with Crippen LogP contribution >= 0.6 is 34.8 Å². The topological polar surface area (TPSA) is 92.5 Å². The lowest BCUT2D eigenvalue weighted by molar-refractivity contribution is 0.588. The van der Waals surface area contributed by atoms with Gasteiger partial charge in [0, 0.05) is 17.4 Å². The molecule has 30 heavy (non-hydrogen) atoms. The van der Waals surface area contributed by atoms with Gasteiger partial charge < -0.3 is 14.7 Å². The van der Waals surface area contributed by atoms with Gasteiger partial charge in [-0.3, -0.25) is 0 Å². The van der Waals surface area contributed by atoms with Gasteiger partial charge in [0.05, 0.1) is 26.6 Å². The molecule has 2 aromatic carbocycles. The number of fused-ring (bicyclic) bond motifs is 1. The van der Waals surface area contributed by atoms with Crippen molar-refractivity contribution in [2.24, 2.45) is 0 Å². The van der Waals surface area contributed by atoms with Crippen molar-refractivity contribution in [2.45, 2.75) is 0 Å². The Morgan fingerprint density at radius 2 is 1.77 bits per heavy atom. The Morgan fingerprint density at radius 3 is 2.57 bits per heavy atom. The highest BCUT2D eigenvalue weighted by molar-refractivity contribution is 6.39. The summed E-state index contributed by atoms with van der Waals surface area (Å²) in [6.45, 7) is 0. The standard InChI is InChI=1S/C20H11Cl3N6O/c21-12-2-1-3-13(22)17(12)18-26-14-5-4-10(8-15(14)27-18)19-28-29-20(30-19)25-11-6-7-24-16(23)9-11/h1-9H,(H,26,27)(H,24,25,29). The molecular formula is C20H11Cl3N6O. The number of nitrogens with zero attached hydrogens (tertiary/aromatic N) is 4. The molecule has 0 saturated heterocycles. The quantitative estimate of drug-likeness (QED) is 0.304. The summed E-state index contributed by atoms with van der Waals surface area (Å²) < 4.78 is 5.72. The van der Waals surface area contributed by atoms with E-state index in [0.29, 0.717) is 38.2 Å². The van der Waals surface area contributed by atoms with Gasteiger partial charge in [0.1, 0.15) is 11.0 Å². The average molecular weight is 458 g/mol. The van der Waals surface area contributed by atoms with E-state index >= 15 is 0 Å². The molecule has 0 atom stereocenters. The molecule has 3 heterocycles. The lowest BCUT2D eigenvalue weighted by Crippen LogP contribution is -1.90. The number of hydrogen-bond donors (Lipinski definition) is 2. The molecule has 0 fully saturated rings. The van der Waals surface area contributed by atoms with Crippen LogP contribution in [0.5, 0.6) is 0 Å². The molecule has 0 spiro atoms. The van der Waals surface area contributed by atoms with E-state index < -0.39 is 0 Å². The molecule has 5 aromatic rings. The number of H-pyrrole nitrogens is 1. The van der Waals surface area contributed by atoms with E-state index in [9.17, 15) is 0 Å². The average Bonchev–Trinajstić information content (AvgIpc) is 3.34. The van der Waals surface area contributed by atoms with Crippen LogP contribution in [0.4, 0.5) is 11.7 Å². The minimum Gasteiger partial charge on any atom is -0.403 e.